The van der Waals surface area contributed by atoms with Crippen LogP contribution in [0, 0.1) is 11.2 Å². The van der Waals surface area contributed by atoms with Gasteiger partial charge in [0.2, 0.25) is 5.91 Å². The maximum atomic E-state index is 13.0. The molecule has 0 atom stereocenters. The van der Waals surface area contributed by atoms with Gasteiger partial charge in [-0.2, -0.15) is 0 Å². The third kappa shape index (κ3) is 2.82. The molecule has 2 rings (SSSR count). The van der Waals surface area contributed by atoms with Crippen LogP contribution < -0.4 is 10.6 Å². The van der Waals surface area contributed by atoms with E-state index in [1.807, 2.05) is 6.92 Å². The summed E-state index contributed by atoms with van der Waals surface area (Å²) in [7, 11) is 0. The second-order valence-electron chi connectivity index (χ2n) is 4.89. The molecule has 0 saturated carbocycles. The molecule has 1 saturated heterocycles. The van der Waals surface area contributed by atoms with E-state index in [-0.39, 0.29) is 16.3 Å². The van der Waals surface area contributed by atoms with Gasteiger partial charge in [0.15, 0.2) is 0 Å². The minimum atomic E-state index is -0.484. The monoisotopic (exact) mass is 270 g/mol. The number of hydrogen-bond donors (Lipinski definition) is 2. The van der Waals surface area contributed by atoms with Gasteiger partial charge in [-0.1, -0.05) is 18.5 Å². The first-order valence-electron chi connectivity index (χ1n) is 5.98. The quantitative estimate of drug-likeness (QED) is 0.868. The van der Waals surface area contributed by atoms with Crippen molar-refractivity contribution in [2.75, 3.05) is 18.4 Å². The zero-order valence-corrected chi connectivity index (χ0v) is 11.0. The number of benzene rings is 1. The molecule has 18 heavy (non-hydrogen) atoms. The zero-order chi connectivity index (χ0) is 13.2. The average Bonchev–Trinajstić information content (AvgIpc) is 2.35. The minimum absolute atomic E-state index is 0.0169. The van der Waals surface area contributed by atoms with Crippen LogP contribution in [0.1, 0.15) is 19.8 Å². The van der Waals surface area contributed by atoms with Crippen molar-refractivity contribution in [2.45, 2.75) is 19.8 Å². The van der Waals surface area contributed by atoms with Crippen molar-refractivity contribution in [3.63, 3.8) is 0 Å². The summed E-state index contributed by atoms with van der Waals surface area (Å²) in [6.07, 6.45) is 1.60. The third-order valence-corrected chi connectivity index (χ3v) is 3.72. The molecule has 1 aliphatic rings. The van der Waals surface area contributed by atoms with Crippen LogP contribution in [0.15, 0.2) is 18.2 Å². The molecule has 0 unspecified atom stereocenters. The SMILES string of the molecule is CC1(C(=O)Nc2ccc(F)c(Cl)c2)CCNCC1. The zero-order valence-electron chi connectivity index (χ0n) is 10.2. The fraction of sp³-hybridized carbons (Fsp3) is 0.462. The lowest BCUT2D eigenvalue weighted by atomic mass is 9.80. The number of carbonyl (C=O) groups excluding carboxylic acids is 1. The van der Waals surface area contributed by atoms with Crippen molar-refractivity contribution in [1.82, 2.24) is 5.32 Å². The Morgan fingerprint density at radius 3 is 2.72 bits per heavy atom. The average molecular weight is 271 g/mol. The fourth-order valence-electron chi connectivity index (χ4n) is 2.06. The summed E-state index contributed by atoms with van der Waals surface area (Å²) < 4.78 is 13.0. The summed E-state index contributed by atoms with van der Waals surface area (Å²) in [5, 5.41) is 6.04. The smallest absolute Gasteiger partial charge is 0.230 e. The lowest BCUT2D eigenvalue weighted by Crippen LogP contribution is -2.42. The molecule has 0 aromatic heterocycles. The normalized spacial score (nSPS) is 18.4. The maximum Gasteiger partial charge on any atom is 0.230 e. The van der Waals surface area contributed by atoms with E-state index in [4.69, 9.17) is 11.6 Å². The number of rotatable bonds is 2. The van der Waals surface area contributed by atoms with E-state index in [0.29, 0.717) is 5.69 Å². The fourth-order valence-corrected chi connectivity index (χ4v) is 2.24. The Morgan fingerprint density at radius 1 is 1.44 bits per heavy atom. The van der Waals surface area contributed by atoms with Crippen molar-refractivity contribution in [1.29, 1.82) is 0 Å². The van der Waals surface area contributed by atoms with Gasteiger partial charge in [-0.15, -0.1) is 0 Å². The Bertz CT molecular complexity index is 458. The number of piperidine rings is 1. The van der Waals surface area contributed by atoms with Crippen molar-refractivity contribution in [3.8, 4) is 0 Å². The molecule has 1 fully saturated rings. The van der Waals surface area contributed by atoms with Crippen LogP contribution in [-0.2, 0) is 4.79 Å². The van der Waals surface area contributed by atoms with E-state index in [1.165, 1.54) is 18.2 Å². The molecule has 0 bridgehead atoms. The Kier molecular flexibility index (Phi) is 3.88. The van der Waals surface area contributed by atoms with E-state index >= 15 is 0 Å². The topological polar surface area (TPSA) is 41.1 Å². The predicted octanol–water partition coefficient (Wildman–Crippen LogP) is 2.81. The number of anilines is 1. The van der Waals surface area contributed by atoms with Gasteiger partial charge in [-0.25, -0.2) is 4.39 Å². The van der Waals surface area contributed by atoms with Gasteiger partial charge in [0, 0.05) is 11.1 Å². The summed E-state index contributed by atoms with van der Waals surface area (Å²) in [5.41, 5.74) is 0.165. The van der Waals surface area contributed by atoms with Crippen LogP contribution in [-0.4, -0.2) is 19.0 Å². The first-order chi connectivity index (χ1) is 8.51. The van der Waals surface area contributed by atoms with Gasteiger partial charge in [-0.05, 0) is 44.1 Å². The highest BCUT2D eigenvalue weighted by molar-refractivity contribution is 6.31. The second kappa shape index (κ2) is 5.24. The molecule has 1 aromatic rings. The molecule has 1 aromatic carbocycles. The van der Waals surface area contributed by atoms with Crippen LogP contribution in [0.3, 0.4) is 0 Å². The van der Waals surface area contributed by atoms with Crippen LogP contribution in [0.2, 0.25) is 5.02 Å². The van der Waals surface area contributed by atoms with Crippen molar-refractivity contribution >= 4 is 23.2 Å². The Balaban J connectivity index is 2.08. The molecule has 1 aliphatic heterocycles. The van der Waals surface area contributed by atoms with Crippen LogP contribution >= 0.6 is 11.6 Å². The molecular weight excluding hydrogens is 255 g/mol. The summed E-state index contributed by atoms with van der Waals surface area (Å²) in [6.45, 7) is 3.64. The van der Waals surface area contributed by atoms with E-state index in [2.05, 4.69) is 10.6 Å². The molecular formula is C13H16ClFN2O. The molecule has 1 heterocycles. The Labute approximate surface area is 111 Å². The van der Waals surface area contributed by atoms with E-state index < -0.39 is 5.82 Å². The minimum Gasteiger partial charge on any atom is -0.326 e. The number of hydrogen-bond acceptors (Lipinski definition) is 2. The highest BCUT2D eigenvalue weighted by Gasteiger charge is 2.34. The number of amides is 1. The summed E-state index contributed by atoms with van der Waals surface area (Å²) in [4.78, 5) is 12.2. The van der Waals surface area contributed by atoms with E-state index in [9.17, 15) is 9.18 Å². The standard InChI is InChI=1S/C13H16ClFN2O/c1-13(4-6-16-7-5-13)12(18)17-9-2-3-11(15)10(14)8-9/h2-3,8,16H,4-7H2,1H3,(H,17,18). The van der Waals surface area contributed by atoms with Crippen molar-refractivity contribution < 1.29 is 9.18 Å². The molecule has 98 valence electrons. The third-order valence-electron chi connectivity index (χ3n) is 3.43. The summed E-state index contributed by atoms with van der Waals surface area (Å²) in [6, 6.07) is 4.20. The summed E-state index contributed by atoms with van der Waals surface area (Å²) in [5.74, 6) is -0.519. The largest absolute Gasteiger partial charge is 0.326 e. The molecule has 2 N–H and O–H groups in total. The Hall–Kier alpha value is -1.13. The van der Waals surface area contributed by atoms with Gasteiger partial charge >= 0.3 is 0 Å². The van der Waals surface area contributed by atoms with E-state index in [0.717, 1.165) is 25.9 Å². The molecule has 5 heteroatoms. The van der Waals surface area contributed by atoms with Gasteiger partial charge in [0.1, 0.15) is 5.82 Å². The second-order valence-corrected chi connectivity index (χ2v) is 5.30. The summed E-state index contributed by atoms with van der Waals surface area (Å²) >= 11 is 5.68. The van der Waals surface area contributed by atoms with Crippen molar-refractivity contribution in [2.24, 2.45) is 5.41 Å². The molecule has 1 amide bonds. The van der Waals surface area contributed by atoms with Crippen LogP contribution in [0.4, 0.5) is 10.1 Å². The number of halogens is 2. The number of nitrogens with one attached hydrogen (secondary N) is 2. The van der Waals surface area contributed by atoms with E-state index in [1.54, 1.807) is 0 Å². The Morgan fingerprint density at radius 2 is 2.11 bits per heavy atom. The van der Waals surface area contributed by atoms with Crippen LogP contribution in [0.25, 0.3) is 0 Å². The molecule has 0 radical (unpaired) electrons. The lowest BCUT2D eigenvalue weighted by Gasteiger charge is -2.32. The maximum absolute atomic E-state index is 13.0. The lowest BCUT2D eigenvalue weighted by molar-refractivity contribution is -0.126. The molecule has 3 nitrogen and oxygen atoms in total. The molecule has 0 aliphatic carbocycles. The van der Waals surface area contributed by atoms with Gasteiger partial charge in [0.05, 0.1) is 5.02 Å². The van der Waals surface area contributed by atoms with Gasteiger partial charge < -0.3 is 10.6 Å². The van der Waals surface area contributed by atoms with Crippen LogP contribution in [0.5, 0.6) is 0 Å². The molecule has 0 spiro atoms. The number of carbonyl (C=O) groups is 1. The first kappa shape index (κ1) is 13.3. The van der Waals surface area contributed by atoms with Gasteiger partial charge in [-0.3, -0.25) is 4.79 Å². The van der Waals surface area contributed by atoms with Crippen molar-refractivity contribution in [3.05, 3.63) is 29.0 Å². The first-order valence-corrected chi connectivity index (χ1v) is 6.36. The highest BCUT2D eigenvalue weighted by atomic mass is 35.5. The highest BCUT2D eigenvalue weighted by Crippen LogP contribution is 2.30. The predicted molar refractivity (Wildman–Crippen MR) is 70.3 cm³/mol. The van der Waals surface area contributed by atoms with Gasteiger partial charge in [0.25, 0.3) is 0 Å².